The van der Waals surface area contributed by atoms with E-state index in [9.17, 15) is 9.59 Å². The van der Waals surface area contributed by atoms with E-state index in [1.54, 1.807) is 42.5 Å². The minimum atomic E-state index is -0.546. The number of carbonyl (C=O) groups is 1. The maximum atomic E-state index is 12.2. The first kappa shape index (κ1) is 16.5. The fraction of sp³-hybridized carbons (Fsp3) is 0.118. The number of esters is 1. The van der Waals surface area contributed by atoms with Crippen molar-refractivity contribution in [3.05, 3.63) is 68.6 Å². The first-order valence-corrected chi connectivity index (χ1v) is 7.82. The first-order valence-electron chi connectivity index (χ1n) is 7.07. The molecular weight excluding hydrogens is 351 g/mol. The first-order chi connectivity index (χ1) is 11.5. The third-order valence-corrected chi connectivity index (χ3v) is 4.29. The van der Waals surface area contributed by atoms with Crippen LogP contribution < -0.4 is 10.3 Å². The highest BCUT2D eigenvalue weighted by molar-refractivity contribution is 6.43. The van der Waals surface area contributed by atoms with E-state index in [4.69, 9.17) is 27.9 Å². The van der Waals surface area contributed by atoms with Crippen molar-refractivity contribution >= 4 is 39.9 Å². The molecule has 2 aromatic carbocycles. The Morgan fingerprint density at radius 1 is 1.12 bits per heavy atom. The Balaban J connectivity index is 1.93. The lowest BCUT2D eigenvalue weighted by molar-refractivity contribution is -0.133. The molecule has 0 aliphatic heterocycles. The maximum Gasteiger partial charge on any atom is 0.317 e. The predicted octanol–water partition coefficient (Wildman–Crippen LogP) is 3.39. The molecule has 0 unspecified atom stereocenters. The zero-order chi connectivity index (χ0) is 17.3. The van der Waals surface area contributed by atoms with Gasteiger partial charge in [0.25, 0.3) is 5.56 Å². The minimum absolute atomic E-state index is 0.0997. The second-order valence-electron chi connectivity index (χ2n) is 5.12. The molecule has 0 bridgehead atoms. The van der Waals surface area contributed by atoms with Crippen molar-refractivity contribution in [3.63, 3.8) is 0 Å². The zero-order valence-corrected chi connectivity index (χ0v) is 14.1. The predicted molar refractivity (Wildman–Crippen MR) is 92.8 cm³/mol. The van der Waals surface area contributed by atoms with Crippen LogP contribution in [-0.4, -0.2) is 15.7 Å². The average molecular weight is 363 g/mol. The molecule has 0 saturated heterocycles. The quantitative estimate of drug-likeness (QED) is 0.529. The molecule has 3 aromatic rings. The molecule has 0 saturated carbocycles. The van der Waals surface area contributed by atoms with Gasteiger partial charge >= 0.3 is 5.97 Å². The number of benzene rings is 2. The highest BCUT2D eigenvalue weighted by Crippen LogP contribution is 2.31. The zero-order valence-electron chi connectivity index (χ0n) is 12.6. The monoisotopic (exact) mass is 362 g/mol. The molecule has 1 aromatic heterocycles. The Kier molecular flexibility index (Phi) is 4.55. The summed E-state index contributed by atoms with van der Waals surface area (Å²) in [6.07, 6.45) is -0.0997. The maximum absolute atomic E-state index is 12.2. The third-order valence-electron chi connectivity index (χ3n) is 3.48. The summed E-state index contributed by atoms with van der Waals surface area (Å²) in [5, 5.41) is 5.76. The molecular formula is C17H12Cl2N2O3. The molecule has 5 nitrogen and oxygen atoms in total. The molecule has 3 rings (SSSR count). The largest absolute Gasteiger partial charge is 0.425 e. The van der Waals surface area contributed by atoms with Gasteiger partial charge in [0.1, 0.15) is 5.02 Å². The molecule has 0 spiro atoms. The normalized spacial score (nSPS) is 10.8. The number of aryl methyl sites for hydroxylation is 1. The van der Waals surface area contributed by atoms with Crippen LogP contribution in [0.5, 0.6) is 5.75 Å². The van der Waals surface area contributed by atoms with E-state index in [0.717, 1.165) is 0 Å². The van der Waals surface area contributed by atoms with E-state index in [-0.39, 0.29) is 22.8 Å². The lowest BCUT2D eigenvalue weighted by atomic mass is 10.1. The van der Waals surface area contributed by atoms with Crippen molar-refractivity contribution in [1.29, 1.82) is 0 Å². The van der Waals surface area contributed by atoms with E-state index in [1.807, 2.05) is 0 Å². The Hall–Kier alpha value is -2.37. The third kappa shape index (κ3) is 3.13. The molecule has 122 valence electrons. The molecule has 0 radical (unpaired) electrons. The van der Waals surface area contributed by atoms with Crippen molar-refractivity contribution in [2.24, 2.45) is 7.05 Å². The van der Waals surface area contributed by atoms with Gasteiger partial charge < -0.3 is 4.74 Å². The fourth-order valence-electron chi connectivity index (χ4n) is 2.36. The van der Waals surface area contributed by atoms with Crippen molar-refractivity contribution in [1.82, 2.24) is 9.78 Å². The van der Waals surface area contributed by atoms with Gasteiger partial charge in [-0.25, -0.2) is 4.68 Å². The van der Waals surface area contributed by atoms with Crippen LogP contribution >= 0.6 is 23.2 Å². The average Bonchev–Trinajstić information content (AvgIpc) is 2.56. The Bertz CT molecular complexity index is 999. The molecule has 7 heteroatoms. The summed E-state index contributed by atoms with van der Waals surface area (Å²) in [5.41, 5.74) is 0.233. The fourth-order valence-corrected chi connectivity index (χ4v) is 2.70. The van der Waals surface area contributed by atoms with Crippen molar-refractivity contribution < 1.29 is 9.53 Å². The highest BCUT2D eigenvalue weighted by Gasteiger charge is 2.15. The topological polar surface area (TPSA) is 61.2 Å². The number of rotatable bonds is 3. The molecule has 0 N–H and O–H groups in total. The molecule has 0 aliphatic carbocycles. The lowest BCUT2D eigenvalue weighted by Crippen LogP contribution is -2.23. The van der Waals surface area contributed by atoms with Crippen LogP contribution in [0, 0.1) is 0 Å². The summed E-state index contributed by atoms with van der Waals surface area (Å²) >= 11 is 11.9. The number of aromatic nitrogens is 2. The summed E-state index contributed by atoms with van der Waals surface area (Å²) in [7, 11) is 1.54. The van der Waals surface area contributed by atoms with E-state index in [1.165, 1.54) is 11.7 Å². The van der Waals surface area contributed by atoms with Gasteiger partial charge in [-0.15, -0.1) is 0 Å². The molecule has 24 heavy (non-hydrogen) atoms. The summed E-state index contributed by atoms with van der Waals surface area (Å²) in [6, 6.07) is 11.8. The van der Waals surface area contributed by atoms with Gasteiger partial charge in [0.2, 0.25) is 0 Å². The van der Waals surface area contributed by atoms with Gasteiger partial charge in [0, 0.05) is 12.4 Å². The van der Waals surface area contributed by atoms with Gasteiger partial charge in [-0.3, -0.25) is 9.59 Å². The second-order valence-corrected chi connectivity index (χ2v) is 5.91. The molecule has 0 fully saturated rings. The van der Waals surface area contributed by atoms with Gasteiger partial charge in [0.05, 0.1) is 22.5 Å². The van der Waals surface area contributed by atoms with E-state index in [2.05, 4.69) is 5.10 Å². The van der Waals surface area contributed by atoms with Crippen molar-refractivity contribution in [2.75, 3.05) is 0 Å². The van der Waals surface area contributed by atoms with Crippen LogP contribution in [0.3, 0.4) is 0 Å². The number of hydrogen-bond acceptors (Lipinski definition) is 4. The second kappa shape index (κ2) is 6.63. The van der Waals surface area contributed by atoms with Crippen LogP contribution in [0.2, 0.25) is 10.0 Å². The minimum Gasteiger partial charge on any atom is -0.425 e. The number of halogens is 2. The number of hydrogen-bond donors (Lipinski definition) is 0. The highest BCUT2D eigenvalue weighted by atomic mass is 35.5. The van der Waals surface area contributed by atoms with Crippen LogP contribution in [0.25, 0.3) is 10.8 Å². The number of ether oxygens (including phenoxy) is 1. The smallest absolute Gasteiger partial charge is 0.317 e. The molecule has 0 aliphatic rings. The Labute approximate surface area is 147 Å². The summed E-state index contributed by atoms with van der Waals surface area (Å²) < 4.78 is 6.47. The number of carbonyl (C=O) groups excluding carboxylic acids is 1. The Morgan fingerprint density at radius 3 is 2.58 bits per heavy atom. The standard InChI is InChI=1S/C17H12Cl2N2O3/c1-21-17(23)11-6-3-2-5-10(11)13(20-21)9-15(22)24-14-8-4-7-12(18)16(14)19/h2-8H,9H2,1H3. The SMILES string of the molecule is Cn1nc(CC(=O)Oc2cccc(Cl)c2Cl)c2ccccc2c1=O. The number of fused-ring (bicyclic) bond motifs is 1. The van der Waals surface area contributed by atoms with Crippen LogP contribution in [0.15, 0.2) is 47.3 Å². The van der Waals surface area contributed by atoms with Gasteiger partial charge in [-0.2, -0.15) is 5.10 Å². The molecule has 0 amide bonds. The van der Waals surface area contributed by atoms with E-state index < -0.39 is 5.97 Å². The summed E-state index contributed by atoms with van der Waals surface area (Å²) in [4.78, 5) is 24.3. The number of nitrogens with zero attached hydrogens (tertiary/aromatic N) is 2. The van der Waals surface area contributed by atoms with Crippen LogP contribution in [0.4, 0.5) is 0 Å². The molecule has 0 atom stereocenters. The van der Waals surface area contributed by atoms with Gasteiger partial charge in [0.15, 0.2) is 5.75 Å². The van der Waals surface area contributed by atoms with Crippen molar-refractivity contribution in [3.8, 4) is 5.75 Å². The van der Waals surface area contributed by atoms with Crippen molar-refractivity contribution in [2.45, 2.75) is 6.42 Å². The van der Waals surface area contributed by atoms with Crippen LogP contribution in [-0.2, 0) is 18.3 Å². The lowest BCUT2D eigenvalue weighted by Gasteiger charge is -2.09. The Morgan fingerprint density at radius 2 is 1.83 bits per heavy atom. The van der Waals surface area contributed by atoms with Crippen LogP contribution in [0.1, 0.15) is 5.69 Å². The summed E-state index contributed by atoms with van der Waals surface area (Å²) in [6.45, 7) is 0. The van der Waals surface area contributed by atoms with E-state index in [0.29, 0.717) is 21.5 Å². The molecule has 1 heterocycles. The van der Waals surface area contributed by atoms with Gasteiger partial charge in [-0.1, -0.05) is 47.5 Å². The van der Waals surface area contributed by atoms with Gasteiger partial charge in [-0.05, 0) is 18.2 Å². The van der Waals surface area contributed by atoms with E-state index >= 15 is 0 Å². The summed E-state index contributed by atoms with van der Waals surface area (Å²) in [5.74, 6) is -0.362.